The summed E-state index contributed by atoms with van der Waals surface area (Å²) < 4.78 is 0. The number of nitrogens with one attached hydrogen (secondary N) is 1. The molecular weight excluding hydrogens is 258 g/mol. The lowest BCUT2D eigenvalue weighted by molar-refractivity contribution is 0.0900. The fraction of sp³-hybridized carbons (Fsp3) is 1.00. The molecular formula is C18H37N3. The molecule has 2 unspecified atom stereocenters. The maximum absolute atomic E-state index is 3.83. The van der Waals surface area contributed by atoms with E-state index >= 15 is 0 Å². The van der Waals surface area contributed by atoms with Gasteiger partial charge in [-0.3, -0.25) is 0 Å². The summed E-state index contributed by atoms with van der Waals surface area (Å²) in [5.41, 5.74) is 0.535. The first-order valence-corrected chi connectivity index (χ1v) is 9.06. The largest absolute Gasteiger partial charge is 0.313 e. The minimum absolute atomic E-state index is 0.535. The highest BCUT2D eigenvalue weighted by Gasteiger charge is 2.37. The van der Waals surface area contributed by atoms with E-state index in [1.807, 2.05) is 0 Å². The summed E-state index contributed by atoms with van der Waals surface area (Å²) >= 11 is 0. The van der Waals surface area contributed by atoms with Crippen LogP contribution >= 0.6 is 0 Å². The predicted molar refractivity (Wildman–Crippen MR) is 91.8 cm³/mol. The summed E-state index contributed by atoms with van der Waals surface area (Å²) in [6.45, 7) is 7.42. The molecule has 0 aromatic heterocycles. The zero-order valence-electron chi connectivity index (χ0n) is 14.8. The first-order valence-electron chi connectivity index (χ1n) is 9.06. The second-order valence-corrected chi connectivity index (χ2v) is 8.25. The second kappa shape index (κ2) is 7.94. The molecule has 3 heteroatoms. The van der Waals surface area contributed by atoms with Gasteiger partial charge in [0.15, 0.2) is 0 Å². The highest BCUT2D eigenvalue weighted by Crippen LogP contribution is 2.40. The normalized spacial score (nSPS) is 30.3. The molecule has 2 atom stereocenters. The van der Waals surface area contributed by atoms with Crippen LogP contribution in [-0.2, 0) is 0 Å². The van der Waals surface area contributed by atoms with Crippen molar-refractivity contribution in [3.8, 4) is 0 Å². The van der Waals surface area contributed by atoms with E-state index in [0.717, 1.165) is 12.0 Å². The highest BCUT2D eigenvalue weighted by molar-refractivity contribution is 4.92. The monoisotopic (exact) mass is 295 g/mol. The smallest absolute Gasteiger partial charge is 0.00684 e. The number of hydrogen-bond donors (Lipinski definition) is 1. The Hall–Kier alpha value is -0.120. The Balaban J connectivity index is 1.81. The van der Waals surface area contributed by atoms with E-state index in [2.05, 4.69) is 43.2 Å². The van der Waals surface area contributed by atoms with Crippen LogP contribution in [0.15, 0.2) is 0 Å². The molecule has 0 aromatic carbocycles. The van der Waals surface area contributed by atoms with Gasteiger partial charge in [-0.1, -0.05) is 19.8 Å². The summed E-state index contributed by atoms with van der Waals surface area (Å²) in [4.78, 5) is 4.89. The van der Waals surface area contributed by atoms with Crippen LogP contribution in [0.4, 0.5) is 0 Å². The van der Waals surface area contributed by atoms with E-state index in [0.29, 0.717) is 5.41 Å². The van der Waals surface area contributed by atoms with Gasteiger partial charge in [0.05, 0.1) is 0 Å². The van der Waals surface area contributed by atoms with Crippen molar-refractivity contribution in [2.45, 2.75) is 57.9 Å². The maximum Gasteiger partial charge on any atom is 0.00684 e. The molecule has 0 aliphatic heterocycles. The van der Waals surface area contributed by atoms with Crippen LogP contribution in [-0.4, -0.2) is 63.2 Å². The van der Waals surface area contributed by atoms with E-state index < -0.39 is 0 Å². The van der Waals surface area contributed by atoms with Crippen molar-refractivity contribution in [2.24, 2.45) is 11.3 Å². The summed E-state index contributed by atoms with van der Waals surface area (Å²) in [6, 6.07) is 0.846. The summed E-state index contributed by atoms with van der Waals surface area (Å²) in [6.07, 6.45) is 9.81. The van der Waals surface area contributed by atoms with Crippen molar-refractivity contribution in [1.29, 1.82) is 0 Å². The van der Waals surface area contributed by atoms with Gasteiger partial charge in [-0.05, 0) is 77.7 Å². The Morgan fingerprint density at radius 2 is 1.86 bits per heavy atom. The lowest BCUT2D eigenvalue weighted by Gasteiger charge is -2.43. The summed E-state index contributed by atoms with van der Waals surface area (Å²) in [7, 11) is 6.67. The van der Waals surface area contributed by atoms with Crippen molar-refractivity contribution in [3.63, 3.8) is 0 Å². The van der Waals surface area contributed by atoms with Gasteiger partial charge in [-0.2, -0.15) is 0 Å². The van der Waals surface area contributed by atoms with Gasteiger partial charge in [0, 0.05) is 19.1 Å². The van der Waals surface area contributed by atoms with Gasteiger partial charge in [0.1, 0.15) is 0 Å². The van der Waals surface area contributed by atoms with E-state index in [4.69, 9.17) is 0 Å². The van der Waals surface area contributed by atoms with Crippen molar-refractivity contribution in [3.05, 3.63) is 0 Å². The zero-order chi connectivity index (χ0) is 15.3. The Morgan fingerprint density at radius 1 is 1.10 bits per heavy atom. The molecule has 124 valence electrons. The topological polar surface area (TPSA) is 18.5 Å². The molecule has 0 saturated heterocycles. The Kier molecular flexibility index (Phi) is 6.51. The lowest BCUT2D eigenvalue weighted by Crippen LogP contribution is -2.46. The van der Waals surface area contributed by atoms with E-state index in [1.165, 1.54) is 71.1 Å². The third-order valence-corrected chi connectivity index (χ3v) is 5.28. The van der Waals surface area contributed by atoms with Gasteiger partial charge < -0.3 is 15.1 Å². The molecule has 2 fully saturated rings. The van der Waals surface area contributed by atoms with E-state index in [1.54, 1.807) is 0 Å². The van der Waals surface area contributed by atoms with Crippen LogP contribution in [0.2, 0.25) is 0 Å². The summed E-state index contributed by atoms with van der Waals surface area (Å²) in [5.74, 6) is 0.912. The average molecular weight is 296 g/mol. The first kappa shape index (κ1) is 17.2. The lowest BCUT2D eigenvalue weighted by atomic mass is 9.69. The quantitative estimate of drug-likeness (QED) is 0.706. The average Bonchev–Trinajstić information content (AvgIpc) is 3.20. The SMILES string of the molecule is CC1CCCC(CNC2CC2)(CN(C)CCCN(C)C)C1. The second-order valence-electron chi connectivity index (χ2n) is 8.25. The molecule has 21 heavy (non-hydrogen) atoms. The third kappa shape index (κ3) is 6.25. The molecule has 0 spiro atoms. The standard InChI is InChI=1S/C18H37N3/c1-16-7-5-10-18(13-16,14-19-17-8-9-17)15-21(4)12-6-11-20(2)3/h16-17,19H,5-15H2,1-4H3. The molecule has 2 aliphatic rings. The summed E-state index contributed by atoms with van der Waals surface area (Å²) in [5, 5.41) is 3.83. The van der Waals surface area contributed by atoms with Gasteiger partial charge in [0.2, 0.25) is 0 Å². The molecule has 0 bridgehead atoms. The third-order valence-electron chi connectivity index (χ3n) is 5.28. The maximum atomic E-state index is 3.83. The van der Waals surface area contributed by atoms with Crippen LogP contribution in [0.1, 0.15) is 51.9 Å². The van der Waals surface area contributed by atoms with Crippen LogP contribution < -0.4 is 5.32 Å². The van der Waals surface area contributed by atoms with Crippen LogP contribution in [0, 0.1) is 11.3 Å². The molecule has 2 aliphatic carbocycles. The Labute approximate surface area is 132 Å². The van der Waals surface area contributed by atoms with Crippen LogP contribution in [0.3, 0.4) is 0 Å². The molecule has 3 nitrogen and oxygen atoms in total. The van der Waals surface area contributed by atoms with Crippen LogP contribution in [0.5, 0.6) is 0 Å². The van der Waals surface area contributed by atoms with Crippen molar-refractivity contribution in [2.75, 3.05) is 47.3 Å². The fourth-order valence-corrected chi connectivity index (χ4v) is 4.09. The van der Waals surface area contributed by atoms with Crippen molar-refractivity contribution < 1.29 is 0 Å². The first-order chi connectivity index (χ1) is 9.99. The minimum atomic E-state index is 0.535. The van der Waals surface area contributed by atoms with Crippen LogP contribution in [0.25, 0.3) is 0 Å². The molecule has 0 heterocycles. The van der Waals surface area contributed by atoms with Gasteiger partial charge >= 0.3 is 0 Å². The number of hydrogen-bond acceptors (Lipinski definition) is 3. The molecule has 2 saturated carbocycles. The van der Waals surface area contributed by atoms with Gasteiger partial charge in [-0.25, -0.2) is 0 Å². The molecule has 0 amide bonds. The number of nitrogens with zero attached hydrogens (tertiary/aromatic N) is 2. The molecule has 0 aromatic rings. The zero-order valence-corrected chi connectivity index (χ0v) is 14.8. The predicted octanol–water partition coefficient (Wildman–Crippen LogP) is 2.82. The fourth-order valence-electron chi connectivity index (χ4n) is 4.09. The molecule has 0 radical (unpaired) electrons. The molecule has 2 rings (SSSR count). The Morgan fingerprint density at radius 3 is 2.48 bits per heavy atom. The van der Waals surface area contributed by atoms with Gasteiger partial charge in [-0.15, -0.1) is 0 Å². The van der Waals surface area contributed by atoms with E-state index in [9.17, 15) is 0 Å². The molecule has 1 N–H and O–H groups in total. The minimum Gasteiger partial charge on any atom is -0.313 e. The van der Waals surface area contributed by atoms with E-state index in [-0.39, 0.29) is 0 Å². The highest BCUT2D eigenvalue weighted by atomic mass is 15.1. The van der Waals surface area contributed by atoms with Gasteiger partial charge in [0.25, 0.3) is 0 Å². The number of rotatable bonds is 9. The van der Waals surface area contributed by atoms with Crippen molar-refractivity contribution >= 4 is 0 Å². The van der Waals surface area contributed by atoms with Crippen molar-refractivity contribution in [1.82, 2.24) is 15.1 Å². The Bertz CT molecular complexity index is 301.